The molecule has 2 aromatic carbocycles. The van der Waals surface area contributed by atoms with Crippen LogP contribution in [0.1, 0.15) is 65.5 Å². The van der Waals surface area contributed by atoms with Gasteiger partial charge >= 0.3 is 206 Å². The summed E-state index contributed by atoms with van der Waals surface area (Å²) in [6.07, 6.45) is 15.0. The summed E-state index contributed by atoms with van der Waals surface area (Å²) < 4.78 is 16.9. The summed E-state index contributed by atoms with van der Waals surface area (Å²) in [5.74, 6) is 1.82. The van der Waals surface area contributed by atoms with Crippen LogP contribution in [0.25, 0.3) is 0 Å². The quantitative estimate of drug-likeness (QED) is 0.381. The fourth-order valence-electron chi connectivity index (χ4n) is 4.26. The van der Waals surface area contributed by atoms with E-state index in [9.17, 15) is 0 Å². The van der Waals surface area contributed by atoms with Crippen molar-refractivity contribution in [2.45, 2.75) is 65.2 Å². The monoisotopic (exact) mass is 518 g/mol. The van der Waals surface area contributed by atoms with E-state index in [0.717, 1.165) is 24.3 Å². The van der Waals surface area contributed by atoms with Crippen LogP contribution in [0, 0.1) is 0 Å². The first-order valence-corrected chi connectivity index (χ1v) is 16.4. The second kappa shape index (κ2) is 9.26. The van der Waals surface area contributed by atoms with Crippen molar-refractivity contribution < 1.29 is 26.8 Å². The third-order valence-electron chi connectivity index (χ3n) is 6.31. The molecule has 4 rings (SSSR count). The first-order chi connectivity index (χ1) is 15.6. The van der Waals surface area contributed by atoms with Crippen molar-refractivity contribution in [2.24, 2.45) is 0 Å². The van der Waals surface area contributed by atoms with Crippen molar-refractivity contribution in [3.05, 3.63) is 103 Å². The summed E-state index contributed by atoms with van der Waals surface area (Å²) in [7, 11) is 0. The van der Waals surface area contributed by atoms with Gasteiger partial charge in [-0.1, -0.05) is 0 Å². The molecule has 0 fully saturated rings. The summed E-state index contributed by atoms with van der Waals surface area (Å²) >= 11 is -3.99. The van der Waals surface area contributed by atoms with Gasteiger partial charge < -0.3 is 0 Å². The van der Waals surface area contributed by atoms with E-state index in [2.05, 4.69) is 127 Å². The maximum absolute atomic E-state index is 7.11. The molecule has 0 atom stereocenters. The van der Waals surface area contributed by atoms with Crippen LogP contribution in [0.4, 0.5) is 0 Å². The zero-order valence-corrected chi connectivity index (χ0v) is 23.3. The van der Waals surface area contributed by atoms with Crippen molar-refractivity contribution in [2.75, 3.05) is 0 Å². The molecule has 2 aliphatic carbocycles. The van der Waals surface area contributed by atoms with Gasteiger partial charge in [0.05, 0.1) is 0 Å². The van der Waals surface area contributed by atoms with E-state index in [1.54, 1.807) is 0 Å². The van der Waals surface area contributed by atoms with Gasteiger partial charge in [0, 0.05) is 0 Å². The van der Waals surface area contributed by atoms with Crippen LogP contribution < -0.4 is 5.63 Å². The van der Waals surface area contributed by atoms with Gasteiger partial charge in [-0.3, -0.25) is 0 Å². The Labute approximate surface area is 205 Å². The molecule has 0 N–H and O–H groups in total. The minimum absolute atomic E-state index is 0.0574. The Kier molecular flexibility index (Phi) is 6.74. The molecular weight excluding hydrogens is 484 g/mol. The van der Waals surface area contributed by atoms with E-state index in [1.165, 1.54) is 17.7 Å². The van der Waals surface area contributed by atoms with Gasteiger partial charge in [-0.05, 0) is 0 Å². The second-order valence-electron chi connectivity index (χ2n) is 11.0. The van der Waals surface area contributed by atoms with Crippen molar-refractivity contribution in [1.29, 1.82) is 0 Å². The fourth-order valence-corrected chi connectivity index (χ4v) is 12.4. The van der Waals surface area contributed by atoms with Crippen molar-refractivity contribution >= 4 is 0 Å². The Morgan fingerprint density at radius 1 is 0.636 bits per heavy atom. The molecule has 2 aliphatic rings. The Hall–Kier alpha value is -2.12. The molecule has 0 saturated carbocycles. The molecular formula is C30H36O2Zr. The van der Waals surface area contributed by atoms with Crippen molar-refractivity contribution in [3.63, 3.8) is 0 Å². The molecule has 0 radical (unpaired) electrons. The molecule has 172 valence electrons. The molecule has 0 heterocycles. The van der Waals surface area contributed by atoms with Crippen LogP contribution in [-0.4, -0.2) is 0 Å². The average Bonchev–Trinajstić information content (AvgIpc) is 3.47. The molecule has 3 heteroatoms. The Bertz CT molecular complexity index is 1040. The molecule has 0 unspecified atom stereocenters. The zero-order chi connectivity index (χ0) is 23.7. The van der Waals surface area contributed by atoms with E-state index in [4.69, 9.17) is 5.63 Å². The molecule has 0 amide bonds. The Morgan fingerprint density at radius 2 is 1.06 bits per heavy atom. The molecule has 0 aliphatic heterocycles. The molecule has 33 heavy (non-hydrogen) atoms. The van der Waals surface area contributed by atoms with E-state index < -0.39 is 21.1 Å². The first-order valence-electron chi connectivity index (χ1n) is 11.9. The van der Waals surface area contributed by atoms with Gasteiger partial charge in [0.1, 0.15) is 0 Å². The minimum atomic E-state index is -3.99. The van der Waals surface area contributed by atoms with E-state index in [1.807, 2.05) is 0 Å². The molecule has 0 spiro atoms. The predicted molar refractivity (Wildman–Crippen MR) is 135 cm³/mol. The third-order valence-corrected chi connectivity index (χ3v) is 14.9. The van der Waals surface area contributed by atoms with Crippen LogP contribution in [0.3, 0.4) is 0 Å². The third kappa shape index (κ3) is 5.35. The van der Waals surface area contributed by atoms with Gasteiger partial charge in [-0.2, -0.15) is 0 Å². The maximum atomic E-state index is 7.11. The van der Waals surface area contributed by atoms with Crippen molar-refractivity contribution in [1.82, 2.24) is 0 Å². The van der Waals surface area contributed by atoms with Crippen molar-refractivity contribution in [3.8, 4) is 11.5 Å². The fraction of sp³-hybridized carbons (Fsp3) is 0.333. The summed E-state index contributed by atoms with van der Waals surface area (Å²) in [5, 5.41) is 0. The number of hydrogen-bond donors (Lipinski definition) is 0. The molecule has 0 saturated heterocycles. The van der Waals surface area contributed by atoms with Gasteiger partial charge in [0.25, 0.3) is 0 Å². The Morgan fingerprint density at radius 3 is 1.39 bits per heavy atom. The van der Waals surface area contributed by atoms with E-state index in [0.29, 0.717) is 0 Å². The van der Waals surface area contributed by atoms with Gasteiger partial charge in [0.2, 0.25) is 0 Å². The van der Waals surface area contributed by atoms with Gasteiger partial charge in [0.15, 0.2) is 0 Å². The summed E-state index contributed by atoms with van der Waals surface area (Å²) in [6.45, 7) is 13.4. The normalized spacial score (nSPS) is 16.1. The second-order valence-corrected chi connectivity index (χ2v) is 18.2. The summed E-state index contributed by atoms with van der Waals surface area (Å²) in [5.41, 5.74) is 2.66. The van der Waals surface area contributed by atoms with Crippen LogP contribution in [0.15, 0.2) is 91.5 Å². The first kappa shape index (κ1) is 24.0. The molecule has 2 aromatic rings. The van der Waals surface area contributed by atoms with Crippen LogP contribution >= 0.6 is 0 Å². The number of benzene rings is 2. The predicted octanol–water partition coefficient (Wildman–Crippen LogP) is 8.41. The van der Waals surface area contributed by atoms with Crippen LogP contribution in [0.2, 0.25) is 0 Å². The summed E-state index contributed by atoms with van der Waals surface area (Å²) in [4.78, 5) is 0. The standard InChI is InChI=1S/2C10H14O.2C5H5.Zr/c2*1-10(2,3)8-5-4-6-9(11)7-8;2*1-2-4-5-3-1;/h2*4-7,11H,1-3H3;2*1-3H,4H2;/q;;;;+2/p-2. The zero-order valence-electron chi connectivity index (χ0n) is 20.8. The molecule has 0 aromatic heterocycles. The molecule has 2 nitrogen and oxygen atoms in total. The van der Waals surface area contributed by atoms with Gasteiger partial charge in [-0.25, -0.2) is 0 Å². The topological polar surface area (TPSA) is 18.5 Å². The molecule has 0 bridgehead atoms. The van der Waals surface area contributed by atoms with Crippen LogP contribution in [-0.2, 0) is 32.0 Å². The number of allylic oxidation sites excluding steroid dienone is 8. The van der Waals surface area contributed by atoms with E-state index in [-0.39, 0.29) is 10.8 Å². The summed E-state index contributed by atoms with van der Waals surface area (Å²) in [6, 6.07) is 17.2. The average molecular weight is 520 g/mol. The van der Waals surface area contributed by atoms with Crippen LogP contribution in [0.5, 0.6) is 11.5 Å². The Balaban J connectivity index is 1.81. The van der Waals surface area contributed by atoms with Gasteiger partial charge in [-0.15, -0.1) is 0 Å². The van der Waals surface area contributed by atoms with E-state index >= 15 is 0 Å². The SMILES string of the molecule is CC(C)(C)c1cccc([O][Zr]([O]c2cccc(C(C)(C)C)c2)([C]2=CC=CC2)[C]2=CC=CC2)c1. The number of rotatable bonds is 6. The number of hydrogen-bond acceptors (Lipinski definition) is 2.